The highest BCUT2D eigenvalue weighted by atomic mass is 16.1. The van der Waals surface area contributed by atoms with Crippen LogP contribution in [0.5, 0.6) is 0 Å². The largest absolute Gasteiger partial charge is 0.353 e. The van der Waals surface area contributed by atoms with E-state index in [2.05, 4.69) is 32.2 Å². The molecule has 0 heterocycles. The molecule has 0 aromatic carbocycles. The first-order valence-corrected chi connectivity index (χ1v) is 6.14. The molecule has 1 N–H and O–H groups in total. The van der Waals surface area contributed by atoms with E-state index in [0.29, 0.717) is 0 Å². The third kappa shape index (κ3) is 9.50. The van der Waals surface area contributed by atoms with Crippen molar-refractivity contribution in [2.75, 3.05) is 6.54 Å². The number of unbranched alkanes of at least 4 members (excludes halogenated alkanes) is 1. The summed E-state index contributed by atoms with van der Waals surface area (Å²) < 4.78 is 0. The van der Waals surface area contributed by atoms with Gasteiger partial charge in [-0.3, -0.25) is 4.79 Å². The summed E-state index contributed by atoms with van der Waals surface area (Å²) in [5.41, 5.74) is 2.48. The van der Waals surface area contributed by atoms with Crippen LogP contribution in [-0.4, -0.2) is 12.5 Å². The standard InChI is InChI=1S/C14H25NO/c1-5-6-10-15-14(16)11-13(4)9-7-8-12(2)3/h8,11H,5-7,9-10H2,1-4H3,(H,15,16)/b13-11-. The molecule has 0 spiro atoms. The summed E-state index contributed by atoms with van der Waals surface area (Å²) in [4.78, 5) is 11.4. The van der Waals surface area contributed by atoms with E-state index in [1.807, 2.05) is 6.92 Å². The van der Waals surface area contributed by atoms with Gasteiger partial charge in [-0.25, -0.2) is 0 Å². The van der Waals surface area contributed by atoms with Crippen LogP contribution in [0.4, 0.5) is 0 Å². The van der Waals surface area contributed by atoms with Gasteiger partial charge < -0.3 is 5.32 Å². The third-order valence-corrected chi connectivity index (χ3v) is 2.30. The number of allylic oxidation sites excluding steroid dienone is 3. The molecule has 0 aliphatic rings. The smallest absolute Gasteiger partial charge is 0.243 e. The van der Waals surface area contributed by atoms with Crippen molar-refractivity contribution in [1.29, 1.82) is 0 Å². The van der Waals surface area contributed by atoms with Crippen LogP contribution in [0.1, 0.15) is 53.4 Å². The first kappa shape index (κ1) is 14.9. The molecule has 0 aromatic rings. The van der Waals surface area contributed by atoms with Crippen LogP contribution >= 0.6 is 0 Å². The van der Waals surface area contributed by atoms with E-state index < -0.39 is 0 Å². The van der Waals surface area contributed by atoms with Crippen molar-refractivity contribution in [3.8, 4) is 0 Å². The zero-order chi connectivity index (χ0) is 12.4. The number of carbonyl (C=O) groups excluding carboxylic acids is 1. The molecule has 0 saturated carbocycles. The average Bonchev–Trinajstić information content (AvgIpc) is 2.17. The van der Waals surface area contributed by atoms with Crippen LogP contribution in [0.25, 0.3) is 0 Å². The normalized spacial score (nSPS) is 11.1. The van der Waals surface area contributed by atoms with Gasteiger partial charge in [0.2, 0.25) is 5.91 Å². The molecular formula is C14H25NO. The zero-order valence-corrected chi connectivity index (χ0v) is 11.1. The minimum absolute atomic E-state index is 0.0446. The van der Waals surface area contributed by atoms with Gasteiger partial charge in [0.1, 0.15) is 0 Å². The number of hydrogen-bond donors (Lipinski definition) is 1. The quantitative estimate of drug-likeness (QED) is 0.399. The van der Waals surface area contributed by atoms with Gasteiger partial charge in [-0.05, 0) is 40.0 Å². The van der Waals surface area contributed by atoms with Crippen molar-refractivity contribution < 1.29 is 4.79 Å². The van der Waals surface area contributed by atoms with Gasteiger partial charge in [-0.2, -0.15) is 0 Å². The highest BCUT2D eigenvalue weighted by molar-refractivity contribution is 5.88. The molecule has 0 unspecified atom stereocenters. The molecule has 0 bridgehead atoms. The number of nitrogens with one attached hydrogen (secondary N) is 1. The molecule has 2 heteroatoms. The molecule has 0 fully saturated rings. The molecule has 1 amide bonds. The Morgan fingerprint density at radius 3 is 2.50 bits per heavy atom. The van der Waals surface area contributed by atoms with Crippen LogP contribution in [-0.2, 0) is 4.79 Å². The SMILES string of the molecule is CCCCNC(=O)/C=C(/C)CCC=C(C)C. The summed E-state index contributed by atoms with van der Waals surface area (Å²) in [6.45, 7) is 9.10. The van der Waals surface area contributed by atoms with Crippen LogP contribution in [0.15, 0.2) is 23.3 Å². The average molecular weight is 223 g/mol. The van der Waals surface area contributed by atoms with Crippen LogP contribution in [0.2, 0.25) is 0 Å². The van der Waals surface area contributed by atoms with Crippen molar-refractivity contribution in [3.63, 3.8) is 0 Å². The van der Waals surface area contributed by atoms with Gasteiger partial charge in [-0.15, -0.1) is 0 Å². The first-order valence-electron chi connectivity index (χ1n) is 6.14. The maximum absolute atomic E-state index is 11.4. The van der Waals surface area contributed by atoms with Crippen LogP contribution < -0.4 is 5.32 Å². The Hall–Kier alpha value is -1.05. The highest BCUT2D eigenvalue weighted by Gasteiger charge is 1.96. The molecule has 0 atom stereocenters. The molecule has 2 nitrogen and oxygen atoms in total. The van der Waals surface area contributed by atoms with Gasteiger partial charge >= 0.3 is 0 Å². The highest BCUT2D eigenvalue weighted by Crippen LogP contribution is 2.06. The number of hydrogen-bond acceptors (Lipinski definition) is 1. The van der Waals surface area contributed by atoms with E-state index in [9.17, 15) is 4.79 Å². The molecule has 0 aromatic heterocycles. The fraction of sp³-hybridized carbons (Fsp3) is 0.643. The number of carbonyl (C=O) groups is 1. The van der Waals surface area contributed by atoms with Crippen molar-refractivity contribution in [2.24, 2.45) is 0 Å². The predicted molar refractivity (Wildman–Crippen MR) is 70.3 cm³/mol. The summed E-state index contributed by atoms with van der Waals surface area (Å²) in [5.74, 6) is 0.0446. The Labute approximate surface area is 99.8 Å². The summed E-state index contributed by atoms with van der Waals surface area (Å²) in [5, 5.41) is 2.88. The molecule has 92 valence electrons. The Morgan fingerprint density at radius 1 is 1.25 bits per heavy atom. The van der Waals surface area contributed by atoms with Crippen molar-refractivity contribution >= 4 is 5.91 Å². The van der Waals surface area contributed by atoms with E-state index in [4.69, 9.17) is 0 Å². The maximum Gasteiger partial charge on any atom is 0.243 e. The Morgan fingerprint density at radius 2 is 1.94 bits per heavy atom. The Balaban J connectivity index is 3.83. The molecule has 0 saturated heterocycles. The van der Waals surface area contributed by atoms with Crippen LogP contribution in [0, 0.1) is 0 Å². The summed E-state index contributed by atoms with van der Waals surface area (Å²) in [6, 6.07) is 0. The molecule has 16 heavy (non-hydrogen) atoms. The topological polar surface area (TPSA) is 29.1 Å². The van der Waals surface area contributed by atoms with E-state index in [1.54, 1.807) is 6.08 Å². The van der Waals surface area contributed by atoms with Gasteiger partial charge in [0.25, 0.3) is 0 Å². The lowest BCUT2D eigenvalue weighted by Crippen LogP contribution is -2.22. The van der Waals surface area contributed by atoms with Crippen molar-refractivity contribution in [2.45, 2.75) is 53.4 Å². The Kier molecular flexibility index (Phi) is 8.59. The summed E-state index contributed by atoms with van der Waals surface area (Å²) >= 11 is 0. The van der Waals surface area contributed by atoms with E-state index in [1.165, 1.54) is 5.57 Å². The van der Waals surface area contributed by atoms with Gasteiger partial charge in [0, 0.05) is 12.6 Å². The lowest BCUT2D eigenvalue weighted by Gasteiger charge is -2.02. The maximum atomic E-state index is 11.4. The van der Waals surface area contributed by atoms with Gasteiger partial charge in [0.05, 0.1) is 0 Å². The molecule has 0 aliphatic heterocycles. The van der Waals surface area contributed by atoms with E-state index >= 15 is 0 Å². The number of amides is 1. The lowest BCUT2D eigenvalue weighted by atomic mass is 10.1. The van der Waals surface area contributed by atoms with Crippen molar-refractivity contribution in [3.05, 3.63) is 23.3 Å². The third-order valence-electron chi connectivity index (χ3n) is 2.30. The summed E-state index contributed by atoms with van der Waals surface area (Å²) in [7, 11) is 0. The van der Waals surface area contributed by atoms with E-state index in [-0.39, 0.29) is 5.91 Å². The fourth-order valence-corrected chi connectivity index (χ4v) is 1.32. The minimum Gasteiger partial charge on any atom is -0.353 e. The molecule has 0 aliphatic carbocycles. The van der Waals surface area contributed by atoms with E-state index in [0.717, 1.165) is 37.8 Å². The van der Waals surface area contributed by atoms with Gasteiger partial charge in [-0.1, -0.05) is 30.6 Å². The zero-order valence-electron chi connectivity index (χ0n) is 11.1. The summed E-state index contributed by atoms with van der Waals surface area (Å²) in [6.07, 6.45) is 8.07. The second-order valence-electron chi connectivity index (χ2n) is 4.46. The monoisotopic (exact) mass is 223 g/mol. The van der Waals surface area contributed by atoms with Crippen LogP contribution in [0.3, 0.4) is 0 Å². The minimum atomic E-state index is 0.0446. The number of rotatable bonds is 7. The molecule has 0 radical (unpaired) electrons. The lowest BCUT2D eigenvalue weighted by molar-refractivity contribution is -0.116. The second-order valence-corrected chi connectivity index (χ2v) is 4.46. The first-order chi connectivity index (χ1) is 7.56. The molecule has 0 rings (SSSR count). The fourth-order valence-electron chi connectivity index (χ4n) is 1.32. The van der Waals surface area contributed by atoms with Gasteiger partial charge in [0.15, 0.2) is 0 Å². The molecular weight excluding hydrogens is 198 g/mol. The predicted octanol–water partition coefficient (Wildman–Crippen LogP) is 3.60. The Bertz CT molecular complexity index is 260. The van der Waals surface area contributed by atoms with Crippen molar-refractivity contribution in [1.82, 2.24) is 5.32 Å². The second kappa shape index (κ2) is 9.20.